The van der Waals surface area contributed by atoms with Crippen LogP contribution in [0.2, 0.25) is 0 Å². The number of nitrogens with one attached hydrogen (secondary N) is 1. The van der Waals surface area contributed by atoms with Gasteiger partial charge in [0.05, 0.1) is 5.69 Å². The number of nitrogens with two attached hydrogens (primary N) is 1. The van der Waals surface area contributed by atoms with Crippen LogP contribution in [0.5, 0.6) is 0 Å². The van der Waals surface area contributed by atoms with Gasteiger partial charge in [-0.25, -0.2) is 9.97 Å². The molecule has 1 heterocycles. The van der Waals surface area contributed by atoms with Gasteiger partial charge in [0.15, 0.2) is 0 Å². The molecule has 0 spiro atoms. The Hall–Kier alpha value is -1.16. The van der Waals surface area contributed by atoms with Gasteiger partial charge in [-0.2, -0.15) is 0 Å². The Morgan fingerprint density at radius 3 is 2.85 bits per heavy atom. The van der Waals surface area contributed by atoms with Gasteiger partial charge >= 0.3 is 0 Å². The van der Waals surface area contributed by atoms with Crippen LogP contribution >= 0.6 is 0 Å². The number of anilines is 1. The van der Waals surface area contributed by atoms with E-state index in [1.54, 1.807) is 0 Å². The first-order chi connectivity index (χ1) is 6.22. The Bertz CT molecular complexity index is 260. The summed E-state index contributed by atoms with van der Waals surface area (Å²) in [5, 5.41) is 3.21. The molecule has 1 aromatic heterocycles. The average molecular weight is 180 g/mol. The molecule has 72 valence electrons. The number of nitrogens with zero attached hydrogens (tertiary/aromatic N) is 2. The second-order valence-electron chi connectivity index (χ2n) is 3.37. The van der Waals surface area contributed by atoms with E-state index in [0.29, 0.717) is 12.5 Å². The Morgan fingerprint density at radius 2 is 2.23 bits per heavy atom. The fourth-order valence-electron chi connectivity index (χ4n) is 0.915. The SMILES string of the molecule is CC(C)CNc1cc(CN)ncn1. The third-order valence-corrected chi connectivity index (χ3v) is 1.62. The van der Waals surface area contributed by atoms with E-state index in [1.807, 2.05) is 6.07 Å². The van der Waals surface area contributed by atoms with Crippen LogP contribution in [0, 0.1) is 5.92 Å². The van der Waals surface area contributed by atoms with Gasteiger partial charge in [-0.05, 0) is 5.92 Å². The van der Waals surface area contributed by atoms with Crippen LogP contribution in [-0.4, -0.2) is 16.5 Å². The Kier molecular flexibility index (Phi) is 3.64. The van der Waals surface area contributed by atoms with Gasteiger partial charge in [0.25, 0.3) is 0 Å². The molecule has 0 atom stereocenters. The summed E-state index contributed by atoms with van der Waals surface area (Å²) in [4.78, 5) is 8.09. The van der Waals surface area contributed by atoms with Crippen LogP contribution in [0.1, 0.15) is 19.5 Å². The van der Waals surface area contributed by atoms with Gasteiger partial charge in [-0.1, -0.05) is 13.8 Å². The zero-order chi connectivity index (χ0) is 9.68. The second-order valence-corrected chi connectivity index (χ2v) is 3.37. The Balaban J connectivity index is 2.56. The summed E-state index contributed by atoms with van der Waals surface area (Å²) in [6, 6.07) is 1.88. The van der Waals surface area contributed by atoms with E-state index >= 15 is 0 Å². The molecule has 0 amide bonds. The van der Waals surface area contributed by atoms with Crippen molar-refractivity contribution in [3.05, 3.63) is 18.1 Å². The fourth-order valence-corrected chi connectivity index (χ4v) is 0.915. The smallest absolute Gasteiger partial charge is 0.129 e. The highest BCUT2D eigenvalue weighted by molar-refractivity contribution is 5.34. The van der Waals surface area contributed by atoms with Gasteiger partial charge in [0.2, 0.25) is 0 Å². The van der Waals surface area contributed by atoms with Crippen molar-refractivity contribution in [3.8, 4) is 0 Å². The van der Waals surface area contributed by atoms with Crippen molar-refractivity contribution >= 4 is 5.82 Å². The highest BCUT2D eigenvalue weighted by atomic mass is 15.0. The summed E-state index contributed by atoms with van der Waals surface area (Å²) in [6.07, 6.45) is 1.53. The van der Waals surface area contributed by atoms with Gasteiger partial charge in [-0.15, -0.1) is 0 Å². The normalized spacial score (nSPS) is 10.5. The first kappa shape index (κ1) is 9.92. The van der Waals surface area contributed by atoms with E-state index in [2.05, 4.69) is 29.1 Å². The van der Waals surface area contributed by atoms with Crippen molar-refractivity contribution in [2.75, 3.05) is 11.9 Å². The molecule has 13 heavy (non-hydrogen) atoms. The number of hydrogen-bond donors (Lipinski definition) is 2. The third-order valence-electron chi connectivity index (χ3n) is 1.62. The molecule has 4 heteroatoms. The highest BCUT2D eigenvalue weighted by Crippen LogP contribution is 2.04. The minimum absolute atomic E-state index is 0.457. The predicted molar refractivity (Wildman–Crippen MR) is 53.3 cm³/mol. The second kappa shape index (κ2) is 4.77. The Labute approximate surface area is 78.6 Å². The summed E-state index contributed by atoms with van der Waals surface area (Å²) < 4.78 is 0. The molecule has 0 saturated heterocycles. The number of rotatable bonds is 4. The van der Waals surface area contributed by atoms with Crippen LogP contribution in [0.4, 0.5) is 5.82 Å². The van der Waals surface area contributed by atoms with E-state index < -0.39 is 0 Å². The van der Waals surface area contributed by atoms with E-state index in [9.17, 15) is 0 Å². The summed E-state index contributed by atoms with van der Waals surface area (Å²) >= 11 is 0. The van der Waals surface area contributed by atoms with Crippen LogP contribution in [0.15, 0.2) is 12.4 Å². The van der Waals surface area contributed by atoms with Crippen molar-refractivity contribution in [1.29, 1.82) is 0 Å². The molecule has 0 aromatic carbocycles. The molecule has 0 aliphatic heterocycles. The lowest BCUT2D eigenvalue weighted by molar-refractivity contribution is 0.686. The van der Waals surface area contributed by atoms with Crippen molar-refractivity contribution < 1.29 is 0 Å². The third kappa shape index (κ3) is 3.38. The van der Waals surface area contributed by atoms with E-state index in [-0.39, 0.29) is 0 Å². The first-order valence-corrected chi connectivity index (χ1v) is 4.47. The van der Waals surface area contributed by atoms with Crippen molar-refractivity contribution in [2.24, 2.45) is 11.7 Å². The first-order valence-electron chi connectivity index (χ1n) is 4.47. The van der Waals surface area contributed by atoms with Gasteiger partial charge in [0, 0.05) is 19.2 Å². The molecular weight excluding hydrogens is 164 g/mol. The van der Waals surface area contributed by atoms with Crippen LogP contribution in [-0.2, 0) is 6.54 Å². The molecule has 0 aliphatic carbocycles. The van der Waals surface area contributed by atoms with E-state index in [4.69, 9.17) is 5.73 Å². The summed E-state index contributed by atoms with van der Waals surface area (Å²) in [5.74, 6) is 1.46. The summed E-state index contributed by atoms with van der Waals surface area (Å²) in [5.41, 5.74) is 6.32. The molecule has 0 aliphatic rings. The van der Waals surface area contributed by atoms with Crippen LogP contribution in [0.3, 0.4) is 0 Å². The maximum atomic E-state index is 5.46. The molecule has 0 saturated carbocycles. The molecule has 0 bridgehead atoms. The molecule has 1 rings (SSSR count). The molecule has 3 N–H and O–H groups in total. The fraction of sp³-hybridized carbons (Fsp3) is 0.556. The Morgan fingerprint density at radius 1 is 1.46 bits per heavy atom. The molecule has 1 aromatic rings. The van der Waals surface area contributed by atoms with E-state index in [0.717, 1.165) is 18.1 Å². The molecule has 4 nitrogen and oxygen atoms in total. The van der Waals surface area contributed by atoms with Crippen molar-refractivity contribution in [3.63, 3.8) is 0 Å². The van der Waals surface area contributed by atoms with Gasteiger partial charge < -0.3 is 11.1 Å². The minimum atomic E-state index is 0.457. The molecule has 0 radical (unpaired) electrons. The standard InChI is InChI=1S/C9H16N4/c1-7(2)5-11-9-3-8(4-10)12-6-13-9/h3,6-7H,4-5,10H2,1-2H3,(H,11,12,13). The van der Waals surface area contributed by atoms with Crippen molar-refractivity contribution in [2.45, 2.75) is 20.4 Å². The zero-order valence-corrected chi connectivity index (χ0v) is 8.12. The molecule has 0 unspecified atom stereocenters. The zero-order valence-electron chi connectivity index (χ0n) is 8.12. The average Bonchev–Trinajstić information content (AvgIpc) is 2.15. The minimum Gasteiger partial charge on any atom is -0.370 e. The topological polar surface area (TPSA) is 63.8 Å². The van der Waals surface area contributed by atoms with Crippen molar-refractivity contribution in [1.82, 2.24) is 9.97 Å². The highest BCUT2D eigenvalue weighted by Gasteiger charge is 1.97. The van der Waals surface area contributed by atoms with Gasteiger partial charge in [-0.3, -0.25) is 0 Å². The lowest BCUT2D eigenvalue weighted by Gasteiger charge is -2.07. The number of aromatic nitrogens is 2. The monoisotopic (exact) mass is 180 g/mol. The van der Waals surface area contributed by atoms with Crippen LogP contribution < -0.4 is 11.1 Å². The number of hydrogen-bond acceptors (Lipinski definition) is 4. The maximum Gasteiger partial charge on any atom is 0.129 e. The quantitative estimate of drug-likeness (QED) is 0.725. The largest absolute Gasteiger partial charge is 0.370 e. The van der Waals surface area contributed by atoms with Crippen LogP contribution in [0.25, 0.3) is 0 Å². The summed E-state index contributed by atoms with van der Waals surface area (Å²) in [7, 11) is 0. The lowest BCUT2D eigenvalue weighted by atomic mass is 10.2. The molecule has 0 fully saturated rings. The van der Waals surface area contributed by atoms with E-state index in [1.165, 1.54) is 6.33 Å². The molecular formula is C9H16N4. The lowest BCUT2D eigenvalue weighted by Crippen LogP contribution is -2.10. The summed E-state index contributed by atoms with van der Waals surface area (Å²) in [6.45, 7) is 5.68. The maximum absolute atomic E-state index is 5.46. The predicted octanol–water partition coefficient (Wildman–Crippen LogP) is 1.00. The van der Waals surface area contributed by atoms with Gasteiger partial charge in [0.1, 0.15) is 12.1 Å².